The number of benzene rings is 1. The van der Waals surface area contributed by atoms with Gasteiger partial charge in [0.15, 0.2) is 12.4 Å². The Kier molecular flexibility index (Phi) is 8.45. The molecule has 1 amide bonds. The first kappa shape index (κ1) is 21.5. The largest absolute Gasteiger partial charge is 0.456 e. The number of nitrogens with one attached hydrogen (secondary N) is 1. The van der Waals surface area contributed by atoms with Gasteiger partial charge in [-0.2, -0.15) is 11.8 Å². The zero-order valence-corrected chi connectivity index (χ0v) is 16.5. The molecule has 25 heavy (non-hydrogen) atoms. The molecule has 1 atom stereocenters. The lowest BCUT2D eigenvalue weighted by molar-refractivity contribution is -0.151. The van der Waals surface area contributed by atoms with Crippen molar-refractivity contribution in [1.82, 2.24) is 5.32 Å². The number of hydrogen-bond donors (Lipinski definition) is 1. The van der Waals surface area contributed by atoms with E-state index in [2.05, 4.69) is 5.32 Å². The molecule has 0 aliphatic rings. The summed E-state index contributed by atoms with van der Waals surface area (Å²) in [6.45, 7) is 4.97. The van der Waals surface area contributed by atoms with Crippen molar-refractivity contribution in [2.24, 2.45) is 5.41 Å². The average Bonchev–Trinajstić information content (AvgIpc) is 2.55. The average molecular weight is 386 g/mol. The van der Waals surface area contributed by atoms with E-state index in [-0.39, 0.29) is 18.0 Å². The molecule has 1 rings (SSSR count). The minimum atomic E-state index is -0.830. The molecule has 0 heterocycles. The summed E-state index contributed by atoms with van der Waals surface area (Å²) in [6, 6.07) is 5.77. The van der Waals surface area contributed by atoms with Gasteiger partial charge in [0.1, 0.15) is 6.04 Å². The smallest absolute Gasteiger partial charge is 0.329 e. The molecule has 1 aromatic rings. The summed E-state index contributed by atoms with van der Waals surface area (Å²) >= 11 is 7.56. The summed E-state index contributed by atoms with van der Waals surface area (Å²) in [7, 11) is 0. The molecule has 0 aromatic heterocycles. The maximum atomic E-state index is 12.4. The summed E-state index contributed by atoms with van der Waals surface area (Å²) < 4.78 is 5.11. The van der Waals surface area contributed by atoms with E-state index in [0.29, 0.717) is 17.2 Å². The predicted molar refractivity (Wildman–Crippen MR) is 101 cm³/mol. The van der Waals surface area contributed by atoms with Gasteiger partial charge in [-0.15, -0.1) is 0 Å². The van der Waals surface area contributed by atoms with Gasteiger partial charge in [-0.25, -0.2) is 4.79 Å². The van der Waals surface area contributed by atoms with Gasteiger partial charge in [-0.3, -0.25) is 9.59 Å². The van der Waals surface area contributed by atoms with E-state index < -0.39 is 23.3 Å². The lowest BCUT2D eigenvalue weighted by atomic mass is 9.91. The van der Waals surface area contributed by atoms with Crippen LogP contribution in [0.2, 0.25) is 5.02 Å². The Morgan fingerprint density at radius 1 is 1.24 bits per heavy atom. The zero-order valence-electron chi connectivity index (χ0n) is 14.9. The molecule has 0 radical (unpaired) electrons. The van der Waals surface area contributed by atoms with Gasteiger partial charge < -0.3 is 10.1 Å². The fraction of sp³-hybridized carbons (Fsp3) is 0.500. The molecule has 0 saturated heterocycles. The molecule has 0 aliphatic carbocycles. The van der Waals surface area contributed by atoms with Crippen LogP contribution in [0.4, 0.5) is 0 Å². The minimum absolute atomic E-state index is 0.179. The van der Waals surface area contributed by atoms with Crippen LogP contribution in [0, 0.1) is 5.41 Å². The standard InChI is InChI=1S/C18H24ClNO4S/c1-18(2,3)15(21)11-24-17(23)14(9-10-25-4)20-16(22)12-7-5-6-8-13(12)19/h5-8,14H,9-11H2,1-4H3,(H,20,22). The van der Waals surface area contributed by atoms with E-state index in [0.717, 1.165) is 0 Å². The van der Waals surface area contributed by atoms with Gasteiger partial charge in [-0.1, -0.05) is 44.5 Å². The zero-order chi connectivity index (χ0) is 19.0. The van der Waals surface area contributed by atoms with Gasteiger partial charge in [-0.05, 0) is 30.6 Å². The van der Waals surface area contributed by atoms with Crippen LogP contribution in [0.25, 0.3) is 0 Å². The molecule has 0 spiro atoms. The summed E-state index contributed by atoms with van der Waals surface area (Å²) in [6.07, 6.45) is 2.31. The van der Waals surface area contributed by atoms with Crippen molar-refractivity contribution in [2.45, 2.75) is 33.2 Å². The molecular weight excluding hydrogens is 362 g/mol. The van der Waals surface area contributed by atoms with Crippen LogP contribution in [-0.4, -0.2) is 42.3 Å². The van der Waals surface area contributed by atoms with Crippen molar-refractivity contribution in [3.8, 4) is 0 Å². The van der Waals surface area contributed by atoms with Crippen molar-refractivity contribution < 1.29 is 19.1 Å². The van der Waals surface area contributed by atoms with E-state index >= 15 is 0 Å². The topological polar surface area (TPSA) is 72.5 Å². The minimum Gasteiger partial charge on any atom is -0.456 e. The van der Waals surface area contributed by atoms with E-state index in [1.165, 1.54) is 0 Å². The van der Waals surface area contributed by atoms with Crippen LogP contribution >= 0.6 is 23.4 Å². The van der Waals surface area contributed by atoms with Gasteiger partial charge >= 0.3 is 5.97 Å². The third-order valence-corrected chi connectivity index (χ3v) is 4.47. The summed E-state index contributed by atoms with van der Waals surface area (Å²) in [5.74, 6) is -0.583. The second kappa shape index (κ2) is 9.82. The molecule has 0 saturated carbocycles. The SMILES string of the molecule is CSCCC(NC(=O)c1ccccc1Cl)C(=O)OCC(=O)C(C)(C)C. The lowest BCUT2D eigenvalue weighted by Crippen LogP contribution is -2.43. The number of amides is 1. The molecule has 0 fully saturated rings. The quantitative estimate of drug-likeness (QED) is 0.695. The summed E-state index contributed by atoms with van der Waals surface area (Å²) in [4.78, 5) is 36.6. The third kappa shape index (κ3) is 7.08. The van der Waals surface area contributed by atoms with Crippen molar-refractivity contribution in [3.05, 3.63) is 34.9 Å². The Balaban J connectivity index is 2.76. The molecule has 1 unspecified atom stereocenters. The number of halogens is 1. The third-order valence-electron chi connectivity index (χ3n) is 3.50. The van der Waals surface area contributed by atoms with E-state index in [9.17, 15) is 14.4 Å². The number of ketones is 1. The van der Waals surface area contributed by atoms with Crippen molar-refractivity contribution in [3.63, 3.8) is 0 Å². The fourth-order valence-corrected chi connectivity index (χ4v) is 2.51. The van der Waals surface area contributed by atoms with Crippen LogP contribution < -0.4 is 5.32 Å². The van der Waals surface area contributed by atoms with Crippen molar-refractivity contribution in [1.29, 1.82) is 0 Å². The molecule has 1 N–H and O–H groups in total. The highest BCUT2D eigenvalue weighted by Gasteiger charge is 2.27. The first-order valence-corrected chi connectivity index (χ1v) is 9.68. The van der Waals surface area contributed by atoms with Crippen LogP contribution in [0.1, 0.15) is 37.6 Å². The highest BCUT2D eigenvalue weighted by Crippen LogP contribution is 2.16. The summed E-state index contributed by atoms with van der Waals surface area (Å²) in [5, 5.41) is 2.95. The Bertz CT molecular complexity index is 628. The number of rotatable bonds is 8. The number of carbonyl (C=O) groups is 3. The first-order valence-electron chi connectivity index (χ1n) is 7.91. The van der Waals surface area contributed by atoms with E-state index in [1.54, 1.807) is 56.8 Å². The fourth-order valence-electron chi connectivity index (χ4n) is 1.82. The summed E-state index contributed by atoms with van der Waals surface area (Å²) in [5.41, 5.74) is -0.299. The van der Waals surface area contributed by atoms with Gasteiger partial charge in [0.05, 0.1) is 10.6 Å². The van der Waals surface area contributed by atoms with Crippen molar-refractivity contribution in [2.75, 3.05) is 18.6 Å². The Morgan fingerprint density at radius 2 is 1.88 bits per heavy atom. The number of esters is 1. The van der Waals surface area contributed by atoms with Crippen LogP contribution in [0.15, 0.2) is 24.3 Å². The highest BCUT2D eigenvalue weighted by atomic mass is 35.5. The number of thioether (sulfide) groups is 1. The second-order valence-corrected chi connectivity index (χ2v) is 7.96. The van der Waals surface area contributed by atoms with Gasteiger partial charge in [0, 0.05) is 5.41 Å². The first-order chi connectivity index (χ1) is 11.7. The monoisotopic (exact) mass is 385 g/mol. The number of carbonyl (C=O) groups excluding carboxylic acids is 3. The van der Waals surface area contributed by atoms with Crippen LogP contribution in [0.3, 0.4) is 0 Å². The molecule has 138 valence electrons. The van der Waals surface area contributed by atoms with E-state index in [1.807, 2.05) is 6.26 Å². The van der Waals surface area contributed by atoms with Crippen LogP contribution in [0.5, 0.6) is 0 Å². The normalized spacial score (nSPS) is 12.4. The lowest BCUT2D eigenvalue weighted by Gasteiger charge is -2.20. The predicted octanol–water partition coefficient (Wildman–Crippen LogP) is 3.35. The maximum Gasteiger partial charge on any atom is 0.329 e. The molecule has 5 nitrogen and oxygen atoms in total. The second-order valence-electron chi connectivity index (χ2n) is 6.57. The highest BCUT2D eigenvalue weighted by molar-refractivity contribution is 7.98. The number of ether oxygens (including phenoxy) is 1. The number of hydrogen-bond acceptors (Lipinski definition) is 5. The molecule has 1 aromatic carbocycles. The molecule has 0 aliphatic heterocycles. The Hall–Kier alpha value is -1.53. The van der Waals surface area contributed by atoms with Gasteiger partial charge in [0.25, 0.3) is 5.91 Å². The van der Waals surface area contributed by atoms with Crippen LogP contribution in [-0.2, 0) is 14.3 Å². The molecular formula is C18H24ClNO4S. The number of Topliss-reactive ketones (excluding diaryl/α,β-unsaturated/α-hetero) is 1. The molecule has 0 bridgehead atoms. The van der Waals surface area contributed by atoms with E-state index in [4.69, 9.17) is 16.3 Å². The van der Waals surface area contributed by atoms with Gasteiger partial charge in [0.2, 0.25) is 0 Å². The molecule has 7 heteroatoms. The Labute approximate surface area is 157 Å². The maximum absolute atomic E-state index is 12.4. The Morgan fingerprint density at radius 3 is 2.44 bits per heavy atom. The van der Waals surface area contributed by atoms with Crippen molar-refractivity contribution >= 4 is 41.0 Å².